The first kappa shape index (κ1) is 36.3. The van der Waals surface area contributed by atoms with Crippen LogP contribution in [0.2, 0.25) is 0 Å². The van der Waals surface area contributed by atoms with E-state index in [9.17, 15) is 0 Å². The number of phosphoric acid groups is 1. The van der Waals surface area contributed by atoms with Gasteiger partial charge in [-0.05, 0) is 0 Å². The second-order valence-electron chi connectivity index (χ2n) is 1.49. The zero-order valence-electron chi connectivity index (χ0n) is 9.79. The molecule has 0 unspecified atom stereocenters. The van der Waals surface area contributed by atoms with Crippen molar-refractivity contribution in [3.05, 3.63) is 0 Å². The molecule has 0 bridgehead atoms. The first-order valence-corrected chi connectivity index (χ1v) is 4.05. The summed E-state index contributed by atoms with van der Waals surface area (Å²) in [5.41, 5.74) is 0. The van der Waals surface area contributed by atoms with Crippen molar-refractivity contribution < 1.29 is 150 Å². The molecule has 0 aliphatic rings. The Morgan fingerprint density at radius 2 is 0.938 bits per heavy atom. The second-order valence-corrected chi connectivity index (χ2v) is 2.38. The van der Waals surface area contributed by atoms with Crippen molar-refractivity contribution in [2.24, 2.45) is 0 Å². The molecule has 12 heteroatoms. The van der Waals surface area contributed by atoms with Crippen molar-refractivity contribution in [2.45, 2.75) is 13.8 Å². The Morgan fingerprint density at radius 1 is 0.938 bits per heavy atom. The molecule has 0 saturated heterocycles. The van der Waals surface area contributed by atoms with E-state index in [4.69, 9.17) is 39.0 Å². The first-order chi connectivity index (χ1) is 5.46. The fraction of sp³-hybridized carbons (Fsp3) is 0.500. The minimum Gasteiger partial charge on any atom is -0.822 e. The topological polar surface area (TPSA) is 161 Å². The summed E-state index contributed by atoms with van der Waals surface area (Å²) >= 11 is 0. The van der Waals surface area contributed by atoms with E-state index < -0.39 is 19.8 Å². The minimum atomic E-state index is -5.39. The zero-order chi connectivity index (χ0) is 11.7. The molecule has 0 aliphatic carbocycles. The van der Waals surface area contributed by atoms with Gasteiger partial charge in [-0.15, -0.1) is 0 Å². The molecule has 8 nitrogen and oxygen atoms in total. The zero-order valence-corrected chi connectivity index (χ0v) is 17.8. The summed E-state index contributed by atoms with van der Waals surface area (Å²) in [5.74, 6) is -1.67. The van der Waals surface area contributed by atoms with Gasteiger partial charge >= 0.3 is 110 Å². The van der Waals surface area contributed by atoms with Crippen LogP contribution in [0.5, 0.6) is 0 Å². The van der Waals surface area contributed by atoms with Crippen LogP contribution in [0.3, 0.4) is 0 Å². The van der Waals surface area contributed by atoms with Gasteiger partial charge in [-0.25, -0.2) is 0 Å². The molecule has 0 atom stereocenters. The molecule has 0 rings (SSSR count). The molecule has 2 N–H and O–H groups in total. The number of hydrogen-bond donors (Lipinski definition) is 2. The summed E-state index contributed by atoms with van der Waals surface area (Å²) in [6.07, 6.45) is 0. The molecule has 0 spiro atoms. The van der Waals surface area contributed by atoms with E-state index in [0.717, 1.165) is 13.8 Å². The van der Waals surface area contributed by atoms with E-state index in [1.807, 2.05) is 0 Å². The Morgan fingerprint density at radius 3 is 0.938 bits per heavy atom. The molecular formula is C4H8KNa2O8P. The van der Waals surface area contributed by atoms with Crippen molar-refractivity contribution in [1.29, 1.82) is 0 Å². The van der Waals surface area contributed by atoms with Gasteiger partial charge in [0.2, 0.25) is 0 Å². The Hall–Kier alpha value is 2.69. The van der Waals surface area contributed by atoms with E-state index in [2.05, 4.69) is 0 Å². The molecule has 0 fully saturated rings. The molecule has 0 amide bonds. The Balaban J connectivity index is -0.0000000216. The fourth-order valence-corrected chi connectivity index (χ4v) is 0. The molecular weight excluding hydrogens is 292 g/mol. The van der Waals surface area contributed by atoms with Crippen LogP contribution in [0, 0.1) is 0 Å². The summed E-state index contributed by atoms with van der Waals surface area (Å²) in [7, 11) is -5.39. The Labute approximate surface area is 179 Å². The first-order valence-electron chi connectivity index (χ1n) is 2.59. The van der Waals surface area contributed by atoms with Crippen molar-refractivity contribution >= 4 is 19.8 Å². The van der Waals surface area contributed by atoms with Gasteiger partial charge in [-0.3, -0.25) is 9.59 Å². The monoisotopic (exact) mass is 300 g/mol. The Bertz CT molecular complexity index is 178. The van der Waals surface area contributed by atoms with Crippen molar-refractivity contribution in [2.75, 3.05) is 0 Å². The van der Waals surface area contributed by atoms with E-state index >= 15 is 0 Å². The third-order valence-electron chi connectivity index (χ3n) is 0. The summed E-state index contributed by atoms with van der Waals surface area (Å²) in [5, 5.41) is 14.8. The van der Waals surface area contributed by atoms with Crippen LogP contribution in [0.1, 0.15) is 13.8 Å². The number of carboxylic acid groups (broad SMARTS) is 2. The Kier molecular flexibility index (Phi) is 51.8. The van der Waals surface area contributed by atoms with Gasteiger partial charge in [0.15, 0.2) is 0 Å². The molecule has 0 saturated carbocycles. The summed E-state index contributed by atoms with van der Waals surface area (Å²) in [4.78, 5) is 43.6. The van der Waals surface area contributed by atoms with Crippen LogP contribution in [0.4, 0.5) is 0 Å². The van der Waals surface area contributed by atoms with E-state index in [1.54, 1.807) is 0 Å². The van der Waals surface area contributed by atoms with Crippen LogP contribution in [0.25, 0.3) is 0 Å². The molecule has 16 heavy (non-hydrogen) atoms. The van der Waals surface area contributed by atoms with Crippen LogP contribution in [-0.2, 0) is 14.2 Å². The number of carboxylic acids is 2. The van der Waals surface area contributed by atoms with Gasteiger partial charge < -0.3 is 29.5 Å². The average molecular weight is 300 g/mol. The minimum absolute atomic E-state index is 0. The number of hydrogen-bond acceptors (Lipinski definition) is 6. The predicted molar refractivity (Wildman–Crippen MR) is 34.2 cm³/mol. The van der Waals surface area contributed by atoms with Crippen LogP contribution in [-0.4, -0.2) is 22.2 Å². The molecule has 0 radical (unpaired) electrons. The molecule has 0 heterocycles. The maximum atomic E-state index is 9.00. The summed E-state index contributed by atoms with van der Waals surface area (Å²) in [6, 6.07) is 0. The molecule has 0 aromatic rings. The predicted octanol–water partition coefficient (Wildman–Crippen LogP) is -11.6. The van der Waals surface area contributed by atoms with E-state index in [0.29, 0.717) is 0 Å². The molecule has 80 valence electrons. The molecule has 0 aromatic heterocycles. The van der Waals surface area contributed by atoms with Gasteiger partial charge in [0, 0.05) is 13.8 Å². The smallest absolute Gasteiger partial charge is 0.822 e. The number of carbonyl (C=O) groups is 2. The largest absolute Gasteiger partial charge is 1.00 e. The van der Waals surface area contributed by atoms with E-state index in [1.165, 1.54) is 0 Å². The van der Waals surface area contributed by atoms with Crippen molar-refractivity contribution in [3.8, 4) is 0 Å². The van der Waals surface area contributed by atoms with Gasteiger partial charge in [-0.2, -0.15) is 7.82 Å². The fourth-order valence-electron chi connectivity index (χ4n) is 0. The molecule has 0 aliphatic heterocycles. The van der Waals surface area contributed by atoms with Gasteiger partial charge in [0.1, 0.15) is 0 Å². The summed E-state index contributed by atoms with van der Waals surface area (Å²) < 4.78 is 8.55. The quantitative estimate of drug-likeness (QED) is 0.329. The summed E-state index contributed by atoms with van der Waals surface area (Å²) in [6.45, 7) is 2.17. The SMILES string of the molecule is CC(=O)O.CC(=O)O.O=P([O-])([O-])[O-].[K+].[Na+].[Na+]. The maximum Gasteiger partial charge on any atom is 1.00 e. The van der Waals surface area contributed by atoms with Crippen LogP contribution >= 0.6 is 7.82 Å². The third-order valence-corrected chi connectivity index (χ3v) is 0. The average Bonchev–Trinajstić information content (AvgIpc) is 1.50. The van der Waals surface area contributed by atoms with Crippen molar-refractivity contribution in [1.82, 2.24) is 0 Å². The second kappa shape index (κ2) is 22.8. The third kappa shape index (κ3) is 569. The van der Waals surface area contributed by atoms with Crippen molar-refractivity contribution in [3.63, 3.8) is 0 Å². The maximum absolute atomic E-state index is 9.00. The van der Waals surface area contributed by atoms with Crippen LogP contribution in [0.15, 0.2) is 0 Å². The van der Waals surface area contributed by atoms with Gasteiger partial charge in [-0.1, -0.05) is 0 Å². The van der Waals surface area contributed by atoms with Crippen LogP contribution < -0.4 is 125 Å². The number of rotatable bonds is 0. The van der Waals surface area contributed by atoms with Gasteiger partial charge in [0.05, 0.1) is 0 Å². The standard InChI is InChI=1S/2C2H4O2.K.2Na.H3O4P/c2*1-2(3)4;;;;1-5(2,3)4/h2*1H3,(H,3,4);;;;(H3,1,2,3,4)/q;;3*+1;/p-3. The van der Waals surface area contributed by atoms with Gasteiger partial charge in [0.25, 0.3) is 11.9 Å². The number of aliphatic carboxylic acids is 2. The van der Waals surface area contributed by atoms with E-state index in [-0.39, 0.29) is 110 Å². The normalized spacial score (nSPS) is 6.81. The molecule has 0 aromatic carbocycles.